The van der Waals surface area contributed by atoms with E-state index in [1.165, 1.54) is 0 Å². The number of ether oxygens (including phenoxy) is 2. The molecule has 0 aromatic heterocycles. The van der Waals surface area contributed by atoms with Crippen molar-refractivity contribution >= 4 is 28.1 Å². The van der Waals surface area contributed by atoms with Crippen LogP contribution in [0.4, 0.5) is 0 Å². The molecule has 0 fully saturated rings. The molecule has 0 radical (unpaired) electrons. The number of rotatable bonds is 7. The Hall–Kier alpha value is -1.40. The first-order chi connectivity index (χ1) is 8.67. The predicted molar refractivity (Wildman–Crippen MR) is 69.9 cm³/mol. The van der Waals surface area contributed by atoms with Crippen molar-refractivity contribution in [1.82, 2.24) is 5.32 Å². The van der Waals surface area contributed by atoms with Crippen LogP contribution in [0.3, 0.4) is 0 Å². The molecule has 5 nitrogen and oxygen atoms in total. The van der Waals surface area contributed by atoms with Gasteiger partial charge in [0.05, 0.1) is 11.1 Å². The smallest absolute Gasteiger partial charge is 0.258 e. The van der Waals surface area contributed by atoms with Crippen molar-refractivity contribution < 1.29 is 19.1 Å². The summed E-state index contributed by atoms with van der Waals surface area (Å²) in [5.74, 6) is 0.293. The van der Waals surface area contributed by atoms with E-state index in [9.17, 15) is 9.59 Å². The number of hydrogen-bond acceptors (Lipinski definition) is 4. The van der Waals surface area contributed by atoms with Gasteiger partial charge in [0.15, 0.2) is 6.61 Å². The van der Waals surface area contributed by atoms with Gasteiger partial charge in [-0.3, -0.25) is 9.59 Å². The van der Waals surface area contributed by atoms with Crippen molar-refractivity contribution in [3.05, 3.63) is 28.2 Å². The van der Waals surface area contributed by atoms with E-state index in [1.807, 2.05) is 0 Å². The van der Waals surface area contributed by atoms with Crippen molar-refractivity contribution in [3.8, 4) is 5.75 Å². The van der Waals surface area contributed by atoms with Gasteiger partial charge < -0.3 is 14.8 Å². The summed E-state index contributed by atoms with van der Waals surface area (Å²) in [6.07, 6.45) is 0.742. The van der Waals surface area contributed by atoms with Crippen molar-refractivity contribution in [2.24, 2.45) is 0 Å². The van der Waals surface area contributed by atoms with E-state index < -0.39 is 0 Å². The standard InChI is InChI=1S/C12H14BrNO4/c1-17-5-4-14-12(16)8-18-11-3-2-9(7-15)6-10(11)13/h2-3,6-7H,4-5,8H2,1H3,(H,14,16). The first kappa shape index (κ1) is 14.7. The Bertz CT molecular complexity index is 423. The number of methoxy groups -OCH3 is 1. The molecule has 0 aliphatic carbocycles. The normalized spacial score (nSPS) is 9.89. The third-order valence-electron chi connectivity index (χ3n) is 2.08. The number of nitrogens with one attached hydrogen (secondary N) is 1. The molecule has 1 amide bonds. The van der Waals surface area contributed by atoms with Crippen molar-refractivity contribution in [2.75, 3.05) is 26.9 Å². The van der Waals surface area contributed by atoms with E-state index in [1.54, 1.807) is 25.3 Å². The lowest BCUT2D eigenvalue weighted by molar-refractivity contribution is -0.123. The average molecular weight is 316 g/mol. The van der Waals surface area contributed by atoms with Crippen LogP contribution in [0, 0.1) is 0 Å². The molecule has 0 atom stereocenters. The monoisotopic (exact) mass is 315 g/mol. The Morgan fingerprint density at radius 2 is 2.28 bits per heavy atom. The summed E-state index contributed by atoms with van der Waals surface area (Å²) in [6.45, 7) is 0.830. The van der Waals surface area contributed by atoms with E-state index in [-0.39, 0.29) is 12.5 Å². The minimum atomic E-state index is -0.224. The fourth-order valence-electron chi connectivity index (χ4n) is 1.19. The highest BCUT2D eigenvalue weighted by Crippen LogP contribution is 2.25. The van der Waals surface area contributed by atoms with Crippen LogP contribution in [0.5, 0.6) is 5.75 Å². The van der Waals surface area contributed by atoms with Crippen LogP contribution >= 0.6 is 15.9 Å². The van der Waals surface area contributed by atoms with Gasteiger partial charge in [-0.1, -0.05) is 0 Å². The first-order valence-corrected chi connectivity index (χ1v) is 6.10. The van der Waals surface area contributed by atoms with Gasteiger partial charge in [-0.05, 0) is 34.1 Å². The molecular formula is C12H14BrNO4. The molecule has 1 rings (SSSR count). The number of benzene rings is 1. The molecule has 18 heavy (non-hydrogen) atoms. The molecule has 1 N–H and O–H groups in total. The zero-order valence-corrected chi connectivity index (χ0v) is 11.5. The zero-order chi connectivity index (χ0) is 13.4. The maximum absolute atomic E-state index is 11.4. The van der Waals surface area contributed by atoms with Gasteiger partial charge >= 0.3 is 0 Å². The second kappa shape index (κ2) is 7.84. The summed E-state index contributed by atoms with van der Waals surface area (Å²) in [5.41, 5.74) is 0.541. The number of aldehydes is 1. The van der Waals surface area contributed by atoms with Crippen molar-refractivity contribution in [2.45, 2.75) is 0 Å². The second-order valence-electron chi connectivity index (χ2n) is 3.44. The minimum Gasteiger partial charge on any atom is -0.483 e. The molecule has 0 saturated heterocycles. The van der Waals surface area contributed by atoms with Gasteiger partial charge in [0.25, 0.3) is 5.91 Å². The number of carbonyl (C=O) groups is 2. The van der Waals surface area contributed by atoms with E-state index in [2.05, 4.69) is 21.2 Å². The highest BCUT2D eigenvalue weighted by molar-refractivity contribution is 9.10. The van der Waals surface area contributed by atoms with Crippen LogP contribution in [0.2, 0.25) is 0 Å². The SMILES string of the molecule is COCCNC(=O)COc1ccc(C=O)cc1Br. The van der Waals surface area contributed by atoms with Crippen LogP contribution in [0.15, 0.2) is 22.7 Å². The van der Waals surface area contributed by atoms with Gasteiger partial charge in [-0.25, -0.2) is 0 Å². The average Bonchev–Trinajstić information content (AvgIpc) is 2.37. The lowest BCUT2D eigenvalue weighted by atomic mass is 10.2. The highest BCUT2D eigenvalue weighted by atomic mass is 79.9. The maximum Gasteiger partial charge on any atom is 0.258 e. The van der Waals surface area contributed by atoms with E-state index >= 15 is 0 Å². The molecule has 0 saturated carbocycles. The Morgan fingerprint density at radius 3 is 2.89 bits per heavy atom. The lowest BCUT2D eigenvalue weighted by Gasteiger charge is -2.08. The van der Waals surface area contributed by atoms with Crippen LogP contribution in [0.25, 0.3) is 0 Å². The summed E-state index contributed by atoms with van der Waals surface area (Å²) in [6, 6.07) is 4.89. The predicted octanol–water partition coefficient (Wildman–Crippen LogP) is 1.40. The molecule has 0 spiro atoms. The largest absolute Gasteiger partial charge is 0.483 e. The molecule has 0 unspecified atom stereocenters. The van der Waals surface area contributed by atoms with Crippen molar-refractivity contribution in [1.29, 1.82) is 0 Å². The molecule has 0 heterocycles. The summed E-state index contributed by atoms with van der Waals surface area (Å²) in [5, 5.41) is 2.64. The van der Waals surface area contributed by atoms with E-state index in [0.29, 0.717) is 28.9 Å². The van der Waals surface area contributed by atoms with Crippen molar-refractivity contribution in [3.63, 3.8) is 0 Å². The van der Waals surface area contributed by atoms with Crippen LogP contribution < -0.4 is 10.1 Å². The Morgan fingerprint density at radius 1 is 1.50 bits per heavy atom. The topological polar surface area (TPSA) is 64.6 Å². The quantitative estimate of drug-likeness (QED) is 0.610. The molecule has 98 valence electrons. The summed E-state index contributed by atoms with van der Waals surface area (Å²) in [4.78, 5) is 21.9. The van der Waals surface area contributed by atoms with Crippen LogP contribution in [0.1, 0.15) is 10.4 Å². The zero-order valence-electron chi connectivity index (χ0n) is 9.94. The lowest BCUT2D eigenvalue weighted by Crippen LogP contribution is -2.31. The fraction of sp³-hybridized carbons (Fsp3) is 0.333. The van der Waals surface area contributed by atoms with Crippen LogP contribution in [-0.4, -0.2) is 39.1 Å². The first-order valence-electron chi connectivity index (χ1n) is 5.30. The number of amides is 1. The molecular weight excluding hydrogens is 302 g/mol. The summed E-state index contributed by atoms with van der Waals surface area (Å²) >= 11 is 3.27. The fourth-order valence-corrected chi connectivity index (χ4v) is 1.71. The molecule has 0 aliphatic rings. The molecule has 1 aromatic carbocycles. The number of hydrogen-bond donors (Lipinski definition) is 1. The van der Waals surface area contributed by atoms with E-state index in [4.69, 9.17) is 9.47 Å². The molecule has 0 aliphatic heterocycles. The number of halogens is 1. The highest BCUT2D eigenvalue weighted by Gasteiger charge is 2.05. The number of carbonyl (C=O) groups excluding carboxylic acids is 2. The Balaban J connectivity index is 2.43. The minimum absolute atomic E-state index is 0.0806. The maximum atomic E-state index is 11.4. The van der Waals surface area contributed by atoms with Gasteiger partial charge in [-0.2, -0.15) is 0 Å². The second-order valence-corrected chi connectivity index (χ2v) is 4.29. The molecule has 0 bridgehead atoms. The Kier molecular flexibility index (Phi) is 6.38. The molecule has 1 aromatic rings. The van der Waals surface area contributed by atoms with Gasteiger partial charge in [0.2, 0.25) is 0 Å². The molecule has 6 heteroatoms. The van der Waals surface area contributed by atoms with Gasteiger partial charge in [0.1, 0.15) is 12.0 Å². The third-order valence-corrected chi connectivity index (χ3v) is 2.70. The summed E-state index contributed by atoms with van der Waals surface area (Å²) in [7, 11) is 1.56. The van der Waals surface area contributed by atoms with Gasteiger partial charge in [-0.15, -0.1) is 0 Å². The van der Waals surface area contributed by atoms with E-state index in [0.717, 1.165) is 6.29 Å². The van der Waals surface area contributed by atoms with Gasteiger partial charge in [0, 0.05) is 19.2 Å². The van der Waals surface area contributed by atoms with Crippen LogP contribution in [-0.2, 0) is 9.53 Å². The summed E-state index contributed by atoms with van der Waals surface area (Å²) < 4.78 is 10.8. The Labute approximate surface area is 114 Å². The third kappa shape index (κ3) is 4.85.